The average Bonchev–Trinajstić information content (AvgIpc) is 2.81. The number of benzene rings is 1. The van der Waals surface area contributed by atoms with Crippen molar-refractivity contribution in [1.29, 1.82) is 0 Å². The van der Waals surface area contributed by atoms with E-state index in [4.69, 9.17) is 0 Å². The van der Waals surface area contributed by atoms with E-state index in [1.165, 1.54) is 30.3 Å². The molecule has 0 saturated carbocycles. The Labute approximate surface area is 149 Å². The Morgan fingerprint density at radius 3 is 2.92 bits per heavy atom. The lowest BCUT2D eigenvalue weighted by atomic mass is 10.2. The predicted molar refractivity (Wildman–Crippen MR) is 94.6 cm³/mol. The zero-order valence-corrected chi connectivity index (χ0v) is 14.7. The van der Waals surface area contributed by atoms with E-state index in [2.05, 4.69) is 20.1 Å². The molecule has 1 N–H and O–H groups in total. The van der Waals surface area contributed by atoms with Crippen molar-refractivity contribution in [3.63, 3.8) is 0 Å². The molecule has 1 amide bonds. The Morgan fingerprint density at radius 2 is 2.12 bits per heavy atom. The number of carbonyl (C=O) groups is 1. The molecule has 0 saturated heterocycles. The molecule has 1 aromatic carbocycles. The van der Waals surface area contributed by atoms with Crippen molar-refractivity contribution in [2.75, 3.05) is 5.32 Å². The molecule has 0 unspecified atom stereocenters. The maximum absolute atomic E-state index is 12.4. The lowest BCUT2D eigenvalue weighted by molar-refractivity contribution is -0.383. The second-order valence-electron chi connectivity index (χ2n) is 5.88. The summed E-state index contributed by atoms with van der Waals surface area (Å²) in [6, 6.07) is 6.11. The summed E-state index contributed by atoms with van der Waals surface area (Å²) in [5, 5.41) is 22.4. The van der Waals surface area contributed by atoms with Gasteiger partial charge in [0.15, 0.2) is 5.16 Å². The fraction of sp³-hybridized carbons (Fsp3) is 0.438. The van der Waals surface area contributed by atoms with Gasteiger partial charge < -0.3 is 9.88 Å². The minimum absolute atomic E-state index is 0.121. The van der Waals surface area contributed by atoms with Gasteiger partial charge in [-0.25, -0.2) is 0 Å². The van der Waals surface area contributed by atoms with Crippen LogP contribution >= 0.6 is 11.8 Å². The Bertz CT molecular complexity index is 792. The molecule has 2 heterocycles. The molecule has 1 atom stereocenters. The summed E-state index contributed by atoms with van der Waals surface area (Å²) in [6.07, 6.45) is 4.26. The van der Waals surface area contributed by atoms with Crippen LogP contribution in [0.2, 0.25) is 0 Å². The highest BCUT2D eigenvalue weighted by atomic mass is 32.2. The lowest BCUT2D eigenvalue weighted by Gasteiger charge is -2.12. The van der Waals surface area contributed by atoms with Crippen molar-refractivity contribution in [2.45, 2.75) is 49.6 Å². The molecule has 3 rings (SSSR count). The number of hydrogen-bond acceptors (Lipinski definition) is 6. The van der Waals surface area contributed by atoms with E-state index in [-0.39, 0.29) is 17.3 Å². The number of thioether (sulfide) groups is 1. The number of hydrogen-bond donors (Lipinski definition) is 1. The minimum atomic E-state index is -0.508. The van der Waals surface area contributed by atoms with Gasteiger partial charge >= 0.3 is 0 Å². The monoisotopic (exact) mass is 361 g/mol. The zero-order valence-electron chi connectivity index (χ0n) is 13.8. The molecule has 0 radical (unpaired) electrons. The van der Waals surface area contributed by atoms with Crippen LogP contribution in [0.3, 0.4) is 0 Å². The maximum atomic E-state index is 12.4. The van der Waals surface area contributed by atoms with Gasteiger partial charge in [0, 0.05) is 19.0 Å². The van der Waals surface area contributed by atoms with E-state index < -0.39 is 10.2 Å². The summed E-state index contributed by atoms with van der Waals surface area (Å²) in [5.74, 6) is 0.663. The summed E-state index contributed by atoms with van der Waals surface area (Å²) < 4.78 is 2.08. The van der Waals surface area contributed by atoms with Gasteiger partial charge in [0.25, 0.3) is 5.69 Å². The first-order valence-corrected chi connectivity index (χ1v) is 9.07. The number of carbonyl (C=O) groups excluding carboxylic acids is 1. The molecule has 8 nitrogen and oxygen atoms in total. The quantitative estimate of drug-likeness (QED) is 0.499. The summed E-state index contributed by atoms with van der Waals surface area (Å²) in [7, 11) is 0. The number of nitrogens with one attached hydrogen (secondary N) is 1. The van der Waals surface area contributed by atoms with E-state index >= 15 is 0 Å². The van der Waals surface area contributed by atoms with Crippen molar-refractivity contribution in [3.05, 3.63) is 40.2 Å². The van der Waals surface area contributed by atoms with Crippen LogP contribution in [0.4, 0.5) is 11.4 Å². The number of amides is 1. The van der Waals surface area contributed by atoms with Gasteiger partial charge in [-0.2, -0.15) is 0 Å². The van der Waals surface area contributed by atoms with Gasteiger partial charge in [0.05, 0.1) is 10.2 Å². The van der Waals surface area contributed by atoms with Crippen LogP contribution in [-0.4, -0.2) is 30.8 Å². The third-order valence-electron chi connectivity index (χ3n) is 4.09. The fourth-order valence-electron chi connectivity index (χ4n) is 2.73. The number of nitro benzene ring substituents is 1. The molecule has 1 aromatic heterocycles. The van der Waals surface area contributed by atoms with Crippen LogP contribution in [0.1, 0.15) is 32.0 Å². The smallest absolute Gasteiger partial charge is 0.292 e. The Kier molecular flexibility index (Phi) is 5.32. The van der Waals surface area contributed by atoms with Gasteiger partial charge in [-0.1, -0.05) is 30.3 Å². The summed E-state index contributed by atoms with van der Waals surface area (Å²) in [4.78, 5) is 23.0. The van der Waals surface area contributed by atoms with Crippen molar-refractivity contribution < 1.29 is 9.72 Å². The standard InChI is InChI=1S/C16H19N5O3S/c1-11(15(22)17-12-7-4-5-8-13(12)21(23)24)25-16-19-18-14-9-3-2-6-10-20(14)16/h4-5,7-8,11H,2-3,6,9-10H2,1H3,(H,17,22)/t11-/m1/s1. The summed E-state index contributed by atoms with van der Waals surface area (Å²) in [6.45, 7) is 2.62. The third-order valence-corrected chi connectivity index (χ3v) is 5.17. The highest BCUT2D eigenvalue weighted by Crippen LogP contribution is 2.28. The van der Waals surface area contributed by atoms with E-state index in [0.717, 1.165) is 36.8 Å². The van der Waals surface area contributed by atoms with Crippen LogP contribution in [0.5, 0.6) is 0 Å². The minimum Gasteiger partial charge on any atom is -0.319 e. The first-order chi connectivity index (χ1) is 12.1. The van der Waals surface area contributed by atoms with Gasteiger partial charge in [-0.15, -0.1) is 10.2 Å². The van der Waals surface area contributed by atoms with Crippen LogP contribution in [-0.2, 0) is 17.8 Å². The summed E-state index contributed by atoms with van der Waals surface area (Å²) >= 11 is 1.32. The fourth-order valence-corrected chi connectivity index (χ4v) is 3.62. The molecule has 0 aliphatic carbocycles. The van der Waals surface area contributed by atoms with Crippen molar-refractivity contribution in [1.82, 2.24) is 14.8 Å². The zero-order chi connectivity index (χ0) is 17.8. The highest BCUT2D eigenvalue weighted by Gasteiger charge is 2.23. The molecule has 1 aliphatic rings. The molecule has 0 fully saturated rings. The van der Waals surface area contributed by atoms with E-state index in [0.29, 0.717) is 0 Å². The molecule has 132 valence electrons. The van der Waals surface area contributed by atoms with Crippen molar-refractivity contribution in [2.24, 2.45) is 0 Å². The molecule has 1 aliphatic heterocycles. The second kappa shape index (κ2) is 7.64. The molecule has 2 aromatic rings. The second-order valence-corrected chi connectivity index (χ2v) is 7.19. The Hall–Kier alpha value is -2.42. The lowest BCUT2D eigenvalue weighted by Crippen LogP contribution is -2.23. The topological polar surface area (TPSA) is 103 Å². The number of nitro groups is 1. The van der Waals surface area contributed by atoms with Gasteiger partial charge in [0.2, 0.25) is 5.91 Å². The maximum Gasteiger partial charge on any atom is 0.292 e. The Balaban J connectivity index is 1.70. The number of anilines is 1. The van der Waals surface area contributed by atoms with Crippen LogP contribution in [0, 0.1) is 10.1 Å². The first-order valence-electron chi connectivity index (χ1n) is 8.19. The normalized spacial score (nSPS) is 15.1. The number of rotatable bonds is 5. The molecule has 0 bridgehead atoms. The number of nitrogens with zero attached hydrogens (tertiary/aromatic N) is 4. The summed E-state index contributed by atoms with van der Waals surface area (Å²) in [5.41, 5.74) is 0.0782. The number of fused-ring (bicyclic) bond motifs is 1. The van der Waals surface area contributed by atoms with E-state index in [1.54, 1.807) is 19.1 Å². The van der Waals surface area contributed by atoms with Crippen LogP contribution in [0.25, 0.3) is 0 Å². The molecule has 25 heavy (non-hydrogen) atoms. The largest absolute Gasteiger partial charge is 0.319 e. The van der Waals surface area contributed by atoms with Gasteiger partial charge in [-0.3, -0.25) is 14.9 Å². The highest BCUT2D eigenvalue weighted by molar-refractivity contribution is 8.00. The first kappa shape index (κ1) is 17.4. The molecule has 9 heteroatoms. The van der Waals surface area contributed by atoms with Gasteiger partial charge in [0.1, 0.15) is 11.5 Å². The predicted octanol–water partition coefficient (Wildman–Crippen LogP) is 3.03. The number of aromatic nitrogens is 3. The van der Waals surface area contributed by atoms with Crippen molar-refractivity contribution in [3.8, 4) is 0 Å². The molecule has 0 spiro atoms. The average molecular weight is 361 g/mol. The van der Waals surface area contributed by atoms with E-state index in [9.17, 15) is 14.9 Å². The number of para-hydroxylation sites is 2. The number of aryl methyl sites for hydroxylation is 1. The van der Waals surface area contributed by atoms with Crippen LogP contribution < -0.4 is 5.32 Å². The van der Waals surface area contributed by atoms with Crippen LogP contribution in [0.15, 0.2) is 29.4 Å². The van der Waals surface area contributed by atoms with E-state index in [1.807, 2.05) is 0 Å². The SMILES string of the molecule is C[C@@H](Sc1nnc2n1CCCCC2)C(=O)Nc1ccccc1[N+](=O)[O-]. The molecular weight excluding hydrogens is 342 g/mol. The van der Waals surface area contributed by atoms with Gasteiger partial charge in [-0.05, 0) is 25.8 Å². The Morgan fingerprint density at radius 1 is 1.32 bits per heavy atom. The molecular formula is C16H19N5O3S. The third kappa shape index (κ3) is 3.98. The van der Waals surface area contributed by atoms with Crippen molar-refractivity contribution >= 4 is 29.0 Å².